The van der Waals surface area contributed by atoms with Crippen LogP contribution in [-0.2, 0) is 14.3 Å². The lowest BCUT2D eigenvalue weighted by atomic mass is 9.73. The second-order valence-electron chi connectivity index (χ2n) is 6.94. The van der Waals surface area contributed by atoms with Gasteiger partial charge in [-0.3, -0.25) is 14.5 Å². The monoisotopic (exact) mass is 356 g/mol. The number of nitrogens with zero attached hydrogens (tertiary/aromatic N) is 1. The Morgan fingerprint density at radius 1 is 1.31 bits per heavy atom. The van der Waals surface area contributed by atoms with E-state index in [1.165, 1.54) is 0 Å². The minimum atomic E-state index is -0.844. The number of nitrogens with one attached hydrogen (secondary N) is 1. The summed E-state index contributed by atoms with van der Waals surface area (Å²) in [4.78, 5) is 38.0. The molecule has 2 aliphatic rings. The summed E-state index contributed by atoms with van der Waals surface area (Å²) in [7, 11) is 0. The Hall–Kier alpha value is -2.63. The molecule has 2 atom stereocenters. The number of ether oxygens (including phenoxy) is 1. The molecule has 26 heavy (non-hydrogen) atoms. The molecule has 1 aromatic carbocycles. The fourth-order valence-electron chi connectivity index (χ4n) is 3.70. The number of hydrogen-bond donors (Lipinski definition) is 1. The first-order valence-electron chi connectivity index (χ1n) is 9.04. The third kappa shape index (κ3) is 3.64. The number of hydrogen-bond acceptors (Lipinski definition) is 4. The molecular formula is C20H24N2O4. The average Bonchev–Trinajstić information content (AvgIpc) is 2.87. The van der Waals surface area contributed by atoms with Crippen molar-refractivity contribution >= 4 is 24.0 Å². The number of urea groups is 1. The highest BCUT2D eigenvalue weighted by molar-refractivity contribution is 6.08. The van der Waals surface area contributed by atoms with Crippen molar-refractivity contribution in [3.8, 4) is 0 Å². The van der Waals surface area contributed by atoms with E-state index in [0.717, 1.165) is 29.7 Å². The highest BCUT2D eigenvalue weighted by Crippen LogP contribution is 2.38. The fraction of sp³-hybridized carbons (Fsp3) is 0.450. The number of amides is 3. The number of carbonyl (C=O) groups is 3. The van der Waals surface area contributed by atoms with Crippen LogP contribution in [-0.4, -0.2) is 41.5 Å². The smallest absolute Gasteiger partial charge is 0.326 e. The third-order valence-electron chi connectivity index (χ3n) is 5.24. The summed E-state index contributed by atoms with van der Waals surface area (Å²) < 4.78 is 5.13. The zero-order valence-corrected chi connectivity index (χ0v) is 14.9. The van der Waals surface area contributed by atoms with Gasteiger partial charge in [0.15, 0.2) is 0 Å². The van der Waals surface area contributed by atoms with Crippen molar-refractivity contribution in [3.63, 3.8) is 0 Å². The van der Waals surface area contributed by atoms with Crippen molar-refractivity contribution in [1.82, 2.24) is 10.2 Å². The van der Waals surface area contributed by atoms with Crippen molar-refractivity contribution in [2.45, 2.75) is 38.1 Å². The van der Waals surface area contributed by atoms with Crippen LogP contribution < -0.4 is 5.32 Å². The molecule has 1 saturated heterocycles. The predicted molar refractivity (Wildman–Crippen MR) is 97.0 cm³/mol. The van der Waals surface area contributed by atoms with Crippen LogP contribution in [0.1, 0.15) is 38.2 Å². The van der Waals surface area contributed by atoms with Gasteiger partial charge in [-0.25, -0.2) is 4.79 Å². The molecule has 138 valence electrons. The Balaban J connectivity index is 1.53. The molecular weight excluding hydrogens is 332 g/mol. The standard InChI is InChI=1S/C20H24N2O4/c1-15-8-5-6-12-20(15)18(24)22(19(25)21-20)14-17(23)26-13-7-11-16-9-3-2-4-10-16/h2-4,7,9-11,15H,5-6,8,12-14H2,1H3,(H,21,25)/b11-7+/t15-,20+/m0/s1. The van der Waals surface area contributed by atoms with Crippen LogP contribution in [0.3, 0.4) is 0 Å². The van der Waals surface area contributed by atoms with E-state index >= 15 is 0 Å². The highest BCUT2D eigenvalue weighted by atomic mass is 16.5. The second-order valence-corrected chi connectivity index (χ2v) is 6.94. The lowest BCUT2D eigenvalue weighted by Gasteiger charge is -2.36. The maximum atomic E-state index is 12.8. The van der Waals surface area contributed by atoms with Gasteiger partial charge in [-0.05, 0) is 30.4 Å². The summed E-state index contributed by atoms with van der Waals surface area (Å²) in [5.74, 6) is -0.819. The largest absolute Gasteiger partial charge is 0.460 e. The van der Waals surface area contributed by atoms with Crippen LogP contribution in [0.4, 0.5) is 4.79 Å². The Bertz CT molecular complexity index is 716. The van der Waals surface area contributed by atoms with Crippen molar-refractivity contribution in [2.75, 3.05) is 13.2 Å². The van der Waals surface area contributed by atoms with Crippen molar-refractivity contribution in [1.29, 1.82) is 0 Å². The Kier molecular flexibility index (Phi) is 5.40. The first-order valence-corrected chi connectivity index (χ1v) is 9.04. The topological polar surface area (TPSA) is 75.7 Å². The molecule has 0 bridgehead atoms. The summed E-state index contributed by atoms with van der Waals surface area (Å²) >= 11 is 0. The van der Waals surface area contributed by atoms with Gasteiger partial charge in [0, 0.05) is 0 Å². The van der Waals surface area contributed by atoms with Crippen LogP contribution in [0.2, 0.25) is 0 Å². The zero-order valence-electron chi connectivity index (χ0n) is 14.9. The van der Waals surface area contributed by atoms with E-state index in [2.05, 4.69) is 5.32 Å². The molecule has 3 amide bonds. The molecule has 1 spiro atoms. The van der Waals surface area contributed by atoms with Crippen LogP contribution in [0.5, 0.6) is 0 Å². The molecule has 0 unspecified atom stereocenters. The van der Waals surface area contributed by atoms with Crippen LogP contribution >= 0.6 is 0 Å². The normalized spacial score (nSPS) is 25.7. The number of benzene rings is 1. The lowest BCUT2D eigenvalue weighted by molar-refractivity contribution is -0.147. The summed E-state index contributed by atoms with van der Waals surface area (Å²) in [6, 6.07) is 9.15. The molecule has 1 aromatic rings. The van der Waals surface area contributed by atoms with Gasteiger partial charge < -0.3 is 10.1 Å². The molecule has 2 fully saturated rings. The number of esters is 1. The first-order chi connectivity index (χ1) is 12.5. The van der Waals surface area contributed by atoms with Crippen LogP contribution in [0, 0.1) is 5.92 Å². The zero-order chi connectivity index (χ0) is 18.6. The second kappa shape index (κ2) is 7.72. The Morgan fingerprint density at radius 3 is 2.81 bits per heavy atom. The molecule has 0 radical (unpaired) electrons. The van der Waals surface area contributed by atoms with E-state index in [4.69, 9.17) is 4.74 Å². The molecule has 0 aromatic heterocycles. The van der Waals surface area contributed by atoms with E-state index in [-0.39, 0.29) is 25.0 Å². The minimum Gasteiger partial charge on any atom is -0.460 e. The van der Waals surface area contributed by atoms with Crippen molar-refractivity contribution < 1.29 is 19.1 Å². The lowest BCUT2D eigenvalue weighted by Crippen LogP contribution is -2.54. The maximum Gasteiger partial charge on any atom is 0.326 e. The van der Waals surface area contributed by atoms with Crippen molar-refractivity contribution in [2.24, 2.45) is 5.92 Å². The van der Waals surface area contributed by atoms with E-state index in [9.17, 15) is 14.4 Å². The van der Waals surface area contributed by atoms with E-state index in [1.807, 2.05) is 43.3 Å². The van der Waals surface area contributed by atoms with Gasteiger partial charge in [-0.1, -0.05) is 56.2 Å². The predicted octanol–water partition coefficient (Wildman–Crippen LogP) is 2.74. The molecule has 1 heterocycles. The Morgan fingerprint density at radius 2 is 2.08 bits per heavy atom. The van der Waals surface area contributed by atoms with Crippen LogP contribution in [0.15, 0.2) is 36.4 Å². The maximum absolute atomic E-state index is 12.8. The van der Waals surface area contributed by atoms with Gasteiger partial charge >= 0.3 is 12.0 Å². The first kappa shape index (κ1) is 18.2. The number of carbonyl (C=O) groups excluding carboxylic acids is 3. The van der Waals surface area contributed by atoms with Gasteiger partial charge in [-0.15, -0.1) is 0 Å². The van der Waals surface area contributed by atoms with Gasteiger partial charge in [-0.2, -0.15) is 0 Å². The SMILES string of the molecule is C[C@H]1CCCC[C@@]12NC(=O)N(CC(=O)OC/C=C/c1ccccc1)C2=O. The summed E-state index contributed by atoms with van der Waals surface area (Å²) in [5.41, 5.74) is 0.161. The molecule has 3 rings (SSSR count). The van der Waals surface area contributed by atoms with Gasteiger partial charge in [0.25, 0.3) is 5.91 Å². The molecule has 6 heteroatoms. The van der Waals surface area contributed by atoms with E-state index in [0.29, 0.717) is 6.42 Å². The van der Waals surface area contributed by atoms with Gasteiger partial charge in [0.05, 0.1) is 0 Å². The number of imide groups is 1. The summed E-state index contributed by atoms with van der Waals surface area (Å²) in [6.45, 7) is 1.73. The molecule has 1 saturated carbocycles. The highest BCUT2D eigenvalue weighted by Gasteiger charge is 2.55. The van der Waals surface area contributed by atoms with Crippen LogP contribution in [0.25, 0.3) is 6.08 Å². The summed E-state index contributed by atoms with van der Waals surface area (Å²) in [5, 5.41) is 2.83. The third-order valence-corrected chi connectivity index (χ3v) is 5.24. The molecule has 1 N–H and O–H groups in total. The van der Waals surface area contributed by atoms with E-state index < -0.39 is 17.5 Å². The van der Waals surface area contributed by atoms with Crippen molar-refractivity contribution in [3.05, 3.63) is 42.0 Å². The number of rotatable bonds is 5. The van der Waals surface area contributed by atoms with Gasteiger partial charge in [0.2, 0.25) is 0 Å². The molecule has 1 aliphatic carbocycles. The average molecular weight is 356 g/mol. The Labute approximate surface area is 153 Å². The quantitative estimate of drug-likeness (QED) is 0.650. The minimum absolute atomic E-state index is 0.0718. The molecule has 6 nitrogen and oxygen atoms in total. The fourth-order valence-corrected chi connectivity index (χ4v) is 3.70. The van der Waals surface area contributed by atoms with Gasteiger partial charge in [0.1, 0.15) is 18.7 Å². The van der Waals surface area contributed by atoms with E-state index in [1.54, 1.807) is 6.08 Å². The molecule has 1 aliphatic heterocycles. The summed E-state index contributed by atoms with van der Waals surface area (Å²) in [6.07, 6.45) is 7.06.